The van der Waals surface area contributed by atoms with E-state index in [1.54, 1.807) is 23.9 Å². The number of hydrogen-bond donors (Lipinski definition) is 2. The summed E-state index contributed by atoms with van der Waals surface area (Å²) in [5.74, 6) is 0.776. The summed E-state index contributed by atoms with van der Waals surface area (Å²) in [6, 6.07) is 7.02. The molecule has 0 aliphatic rings. The summed E-state index contributed by atoms with van der Waals surface area (Å²) in [6.07, 6.45) is 3.04. The molecule has 0 bridgehead atoms. The van der Waals surface area contributed by atoms with E-state index in [-0.39, 0.29) is 0 Å². The minimum absolute atomic E-state index is 0.327. The van der Waals surface area contributed by atoms with Gasteiger partial charge in [0.25, 0.3) is 0 Å². The molecule has 0 aliphatic heterocycles. The molecule has 1 aromatic rings. The van der Waals surface area contributed by atoms with Crippen LogP contribution in [-0.2, 0) is 16.6 Å². The number of benzene rings is 1. The van der Waals surface area contributed by atoms with Crippen molar-refractivity contribution in [2.24, 2.45) is 0 Å². The predicted molar refractivity (Wildman–Crippen MR) is 82.0 cm³/mol. The molecule has 6 heteroatoms. The van der Waals surface area contributed by atoms with E-state index in [0.29, 0.717) is 11.4 Å². The Morgan fingerprint density at radius 2 is 1.84 bits per heavy atom. The van der Waals surface area contributed by atoms with Crippen molar-refractivity contribution < 1.29 is 8.42 Å². The molecule has 19 heavy (non-hydrogen) atoms. The van der Waals surface area contributed by atoms with Crippen molar-refractivity contribution >= 4 is 21.8 Å². The zero-order chi connectivity index (χ0) is 14.1. The Bertz CT molecular complexity index is 458. The van der Waals surface area contributed by atoms with Crippen LogP contribution < -0.4 is 10.0 Å². The minimum atomic E-state index is -3.36. The summed E-state index contributed by atoms with van der Waals surface area (Å²) in [5.41, 5.74) is 1.09. The lowest BCUT2D eigenvalue weighted by atomic mass is 10.2. The van der Waals surface area contributed by atoms with E-state index in [9.17, 15) is 8.42 Å². The van der Waals surface area contributed by atoms with E-state index in [1.807, 2.05) is 18.4 Å². The second kappa shape index (κ2) is 8.58. The first-order valence-corrected chi connectivity index (χ1v) is 9.26. The summed E-state index contributed by atoms with van der Waals surface area (Å²) in [7, 11) is -3.36. The maximum absolute atomic E-state index is 11.9. The Kier molecular flexibility index (Phi) is 7.45. The lowest BCUT2D eigenvalue weighted by Gasteiger charge is -2.07. The fourth-order valence-corrected chi connectivity index (χ4v) is 3.02. The van der Waals surface area contributed by atoms with E-state index >= 15 is 0 Å². The van der Waals surface area contributed by atoms with E-state index in [1.165, 1.54) is 0 Å². The van der Waals surface area contributed by atoms with Gasteiger partial charge in [-0.3, -0.25) is 0 Å². The largest absolute Gasteiger partial charge is 0.313 e. The molecule has 0 saturated carbocycles. The van der Waals surface area contributed by atoms with Crippen molar-refractivity contribution in [3.63, 3.8) is 0 Å². The second-order valence-corrected chi connectivity index (χ2v) is 6.96. The average molecular weight is 302 g/mol. The highest BCUT2D eigenvalue weighted by Gasteiger charge is 2.12. The van der Waals surface area contributed by atoms with Crippen LogP contribution in [0.1, 0.15) is 18.9 Å². The van der Waals surface area contributed by atoms with Crippen LogP contribution in [0.2, 0.25) is 0 Å². The first-order chi connectivity index (χ1) is 9.10. The molecule has 0 spiro atoms. The standard InChI is InChI=1S/C13H22N2O2S2/c1-3-8-14-11-12-4-6-13(7-5-12)19(16,17)15-9-10-18-2/h4-7,14-15H,3,8-11H2,1-2H3. The average Bonchev–Trinajstić information content (AvgIpc) is 2.40. The first kappa shape index (κ1) is 16.5. The molecule has 1 aromatic carbocycles. The first-order valence-electron chi connectivity index (χ1n) is 6.38. The quantitative estimate of drug-likeness (QED) is 0.683. The number of sulfonamides is 1. The SMILES string of the molecule is CCCNCc1ccc(S(=O)(=O)NCCSC)cc1. The van der Waals surface area contributed by atoms with Gasteiger partial charge in [0.15, 0.2) is 0 Å². The van der Waals surface area contributed by atoms with E-state index in [2.05, 4.69) is 17.0 Å². The molecular formula is C13H22N2O2S2. The van der Waals surface area contributed by atoms with E-state index in [4.69, 9.17) is 0 Å². The van der Waals surface area contributed by atoms with Gasteiger partial charge in [-0.15, -0.1) is 0 Å². The lowest BCUT2D eigenvalue weighted by molar-refractivity contribution is 0.584. The van der Waals surface area contributed by atoms with Gasteiger partial charge < -0.3 is 5.32 Å². The smallest absolute Gasteiger partial charge is 0.240 e. The predicted octanol–water partition coefficient (Wildman–Crippen LogP) is 1.83. The van der Waals surface area contributed by atoms with Crippen LogP contribution in [0, 0.1) is 0 Å². The topological polar surface area (TPSA) is 58.2 Å². The summed E-state index contributed by atoms with van der Waals surface area (Å²) in [4.78, 5) is 0.327. The van der Waals surface area contributed by atoms with Crippen LogP contribution >= 0.6 is 11.8 Å². The molecule has 0 fully saturated rings. The van der Waals surface area contributed by atoms with Gasteiger partial charge in [0, 0.05) is 18.8 Å². The molecule has 0 heterocycles. The fraction of sp³-hybridized carbons (Fsp3) is 0.538. The molecule has 0 saturated heterocycles. The summed E-state index contributed by atoms with van der Waals surface area (Å²) >= 11 is 1.62. The number of hydrogen-bond acceptors (Lipinski definition) is 4. The van der Waals surface area contributed by atoms with E-state index < -0.39 is 10.0 Å². The van der Waals surface area contributed by atoms with E-state index in [0.717, 1.165) is 30.8 Å². The Morgan fingerprint density at radius 1 is 1.16 bits per heavy atom. The maximum atomic E-state index is 11.9. The van der Waals surface area contributed by atoms with Gasteiger partial charge in [0.05, 0.1) is 4.90 Å². The molecule has 0 amide bonds. The normalized spacial score (nSPS) is 11.7. The summed E-state index contributed by atoms with van der Waals surface area (Å²) in [6.45, 7) is 4.32. The molecule has 0 aliphatic carbocycles. The maximum Gasteiger partial charge on any atom is 0.240 e. The van der Waals surface area contributed by atoms with Crippen LogP contribution in [0.4, 0.5) is 0 Å². The van der Waals surface area contributed by atoms with Crippen LogP contribution in [0.5, 0.6) is 0 Å². The lowest BCUT2D eigenvalue weighted by Crippen LogP contribution is -2.26. The third kappa shape index (κ3) is 5.95. The third-order valence-electron chi connectivity index (χ3n) is 2.59. The van der Waals surface area contributed by atoms with Crippen LogP contribution in [0.25, 0.3) is 0 Å². The van der Waals surface area contributed by atoms with Crippen molar-refractivity contribution in [1.29, 1.82) is 0 Å². The highest BCUT2D eigenvalue weighted by atomic mass is 32.2. The van der Waals surface area contributed by atoms with Gasteiger partial charge in [-0.1, -0.05) is 19.1 Å². The second-order valence-electron chi connectivity index (χ2n) is 4.21. The van der Waals surface area contributed by atoms with Gasteiger partial charge in [-0.05, 0) is 36.9 Å². The van der Waals surface area contributed by atoms with Crippen LogP contribution in [0.15, 0.2) is 29.2 Å². The molecule has 108 valence electrons. The Balaban J connectivity index is 2.59. The molecule has 4 nitrogen and oxygen atoms in total. The Morgan fingerprint density at radius 3 is 2.42 bits per heavy atom. The van der Waals surface area contributed by atoms with Crippen molar-refractivity contribution in [2.45, 2.75) is 24.8 Å². The summed E-state index contributed by atoms with van der Waals surface area (Å²) < 4.78 is 26.5. The fourth-order valence-electron chi connectivity index (χ4n) is 1.56. The van der Waals surface area contributed by atoms with Crippen molar-refractivity contribution in [3.05, 3.63) is 29.8 Å². The van der Waals surface area contributed by atoms with Gasteiger partial charge in [0.1, 0.15) is 0 Å². The third-order valence-corrected chi connectivity index (χ3v) is 4.68. The van der Waals surface area contributed by atoms with Crippen molar-refractivity contribution in [2.75, 3.05) is 25.1 Å². The Labute approximate surface area is 120 Å². The van der Waals surface area contributed by atoms with Gasteiger partial charge >= 0.3 is 0 Å². The molecule has 0 atom stereocenters. The monoisotopic (exact) mass is 302 g/mol. The van der Waals surface area contributed by atoms with Crippen molar-refractivity contribution in [1.82, 2.24) is 10.0 Å². The zero-order valence-corrected chi connectivity index (χ0v) is 13.1. The summed E-state index contributed by atoms with van der Waals surface area (Å²) in [5, 5.41) is 3.28. The molecular weight excluding hydrogens is 280 g/mol. The van der Waals surface area contributed by atoms with Gasteiger partial charge in [-0.25, -0.2) is 13.1 Å². The number of nitrogens with one attached hydrogen (secondary N) is 2. The molecule has 1 rings (SSSR count). The molecule has 0 radical (unpaired) electrons. The highest BCUT2D eigenvalue weighted by molar-refractivity contribution is 7.98. The van der Waals surface area contributed by atoms with Gasteiger partial charge in [-0.2, -0.15) is 11.8 Å². The molecule has 0 aromatic heterocycles. The van der Waals surface area contributed by atoms with Crippen molar-refractivity contribution in [3.8, 4) is 0 Å². The number of thioether (sulfide) groups is 1. The highest BCUT2D eigenvalue weighted by Crippen LogP contribution is 2.10. The molecule has 2 N–H and O–H groups in total. The Hall–Kier alpha value is -0.560. The van der Waals surface area contributed by atoms with Gasteiger partial charge in [0.2, 0.25) is 10.0 Å². The zero-order valence-electron chi connectivity index (χ0n) is 11.5. The van der Waals surface area contributed by atoms with Crippen LogP contribution in [-0.4, -0.2) is 33.5 Å². The number of rotatable bonds is 9. The molecule has 0 unspecified atom stereocenters. The minimum Gasteiger partial charge on any atom is -0.313 e. The van der Waals surface area contributed by atoms with Crippen LogP contribution in [0.3, 0.4) is 0 Å².